The second kappa shape index (κ2) is 8.22. The average molecular weight is 411 g/mol. The number of amides is 1. The molecule has 0 bridgehead atoms. The first-order valence-electron chi connectivity index (χ1n) is 11.8. The van der Waals surface area contributed by atoms with Crippen LogP contribution >= 0.6 is 0 Å². The number of aromatic nitrogens is 2. The number of ether oxygens (including phenoxy) is 1. The van der Waals surface area contributed by atoms with Crippen LogP contribution in [0.4, 0.5) is 5.95 Å². The topological polar surface area (TPSA) is 50.6 Å². The van der Waals surface area contributed by atoms with Crippen LogP contribution in [0.3, 0.4) is 0 Å². The maximum Gasteiger partial charge on any atom is 0.227 e. The van der Waals surface area contributed by atoms with Gasteiger partial charge in [0.25, 0.3) is 0 Å². The normalized spacial score (nSPS) is 28.4. The number of nitrogens with zero attached hydrogens (tertiary/aromatic N) is 4. The molecular weight excluding hydrogens is 376 g/mol. The maximum absolute atomic E-state index is 13.4. The molecule has 3 fully saturated rings. The van der Waals surface area contributed by atoms with E-state index < -0.39 is 0 Å². The molecule has 0 unspecified atom stereocenters. The van der Waals surface area contributed by atoms with Crippen molar-refractivity contribution in [3.63, 3.8) is 0 Å². The zero-order valence-electron chi connectivity index (χ0n) is 18.3. The summed E-state index contributed by atoms with van der Waals surface area (Å²) < 4.78 is 8.31. The Hall–Kier alpha value is -2.08. The van der Waals surface area contributed by atoms with Crippen molar-refractivity contribution >= 4 is 22.9 Å². The summed E-state index contributed by atoms with van der Waals surface area (Å²) in [7, 11) is 0. The Kier molecular flexibility index (Phi) is 5.44. The number of imidazole rings is 1. The van der Waals surface area contributed by atoms with Crippen LogP contribution in [0.5, 0.6) is 0 Å². The smallest absolute Gasteiger partial charge is 0.227 e. The van der Waals surface area contributed by atoms with E-state index in [0.29, 0.717) is 25.0 Å². The predicted molar refractivity (Wildman–Crippen MR) is 119 cm³/mol. The standard InChI is InChI=1S/C24H34N4O2/c1-17-14-27(15-18(2)30-17)23(29)19-8-7-13-26(16-19)24-25-21-11-5-6-12-22(21)28(24)20-9-3-4-10-20/h5-6,11-12,17-20H,3-4,7-10,13-16H2,1-2H3/t17-,18+,19-/m1/s1. The second-order valence-electron chi connectivity index (χ2n) is 9.49. The number of fused-ring (bicyclic) bond motifs is 1. The molecule has 1 amide bonds. The molecule has 2 saturated heterocycles. The van der Waals surface area contributed by atoms with E-state index in [0.717, 1.165) is 37.4 Å². The minimum atomic E-state index is 0.0492. The van der Waals surface area contributed by atoms with E-state index in [1.54, 1.807) is 0 Å². The van der Waals surface area contributed by atoms with Crippen molar-refractivity contribution in [3.8, 4) is 0 Å². The number of anilines is 1. The maximum atomic E-state index is 13.4. The molecule has 5 rings (SSSR count). The summed E-state index contributed by atoms with van der Waals surface area (Å²) >= 11 is 0. The molecule has 0 N–H and O–H groups in total. The van der Waals surface area contributed by atoms with E-state index in [2.05, 4.69) is 47.6 Å². The zero-order valence-corrected chi connectivity index (χ0v) is 18.3. The fourth-order valence-electron chi connectivity index (χ4n) is 5.75. The molecule has 1 aliphatic carbocycles. The van der Waals surface area contributed by atoms with Crippen LogP contribution in [-0.4, -0.2) is 58.7 Å². The molecule has 3 heterocycles. The minimum absolute atomic E-state index is 0.0492. The molecule has 0 spiro atoms. The Labute approximate surface area is 179 Å². The van der Waals surface area contributed by atoms with E-state index >= 15 is 0 Å². The van der Waals surface area contributed by atoms with Crippen LogP contribution < -0.4 is 4.90 Å². The molecule has 1 aromatic heterocycles. The van der Waals surface area contributed by atoms with Crippen molar-refractivity contribution < 1.29 is 9.53 Å². The molecule has 1 saturated carbocycles. The quantitative estimate of drug-likeness (QED) is 0.767. The number of carbonyl (C=O) groups is 1. The van der Waals surface area contributed by atoms with Gasteiger partial charge in [-0.25, -0.2) is 4.98 Å². The Morgan fingerprint density at radius 3 is 2.50 bits per heavy atom. The molecule has 6 heteroatoms. The van der Waals surface area contributed by atoms with Crippen LogP contribution in [0, 0.1) is 5.92 Å². The number of hydrogen-bond acceptors (Lipinski definition) is 4. The fraction of sp³-hybridized carbons (Fsp3) is 0.667. The van der Waals surface area contributed by atoms with Gasteiger partial charge >= 0.3 is 0 Å². The van der Waals surface area contributed by atoms with Crippen LogP contribution in [-0.2, 0) is 9.53 Å². The average Bonchev–Trinajstić information content (AvgIpc) is 3.40. The van der Waals surface area contributed by atoms with E-state index in [4.69, 9.17) is 9.72 Å². The molecule has 162 valence electrons. The molecule has 2 aromatic rings. The first kappa shape index (κ1) is 19.9. The lowest BCUT2D eigenvalue weighted by Gasteiger charge is -2.40. The Balaban J connectivity index is 1.40. The highest BCUT2D eigenvalue weighted by Gasteiger charge is 2.35. The zero-order chi connectivity index (χ0) is 20.7. The number of carbonyl (C=O) groups excluding carboxylic acids is 1. The van der Waals surface area contributed by atoms with Gasteiger partial charge in [-0.3, -0.25) is 4.79 Å². The second-order valence-corrected chi connectivity index (χ2v) is 9.49. The highest BCUT2D eigenvalue weighted by atomic mass is 16.5. The Bertz CT molecular complexity index is 894. The summed E-state index contributed by atoms with van der Waals surface area (Å²) in [5, 5.41) is 0. The molecule has 2 aliphatic heterocycles. The minimum Gasteiger partial charge on any atom is -0.372 e. The third kappa shape index (κ3) is 3.70. The summed E-state index contributed by atoms with van der Waals surface area (Å²) in [5.74, 6) is 1.42. The van der Waals surface area contributed by atoms with Crippen molar-refractivity contribution in [1.82, 2.24) is 14.5 Å². The number of rotatable bonds is 3. The number of piperidine rings is 1. The van der Waals surface area contributed by atoms with Crippen LogP contribution in [0.2, 0.25) is 0 Å². The van der Waals surface area contributed by atoms with E-state index in [9.17, 15) is 4.79 Å². The van der Waals surface area contributed by atoms with Gasteiger partial charge in [-0.2, -0.15) is 0 Å². The molecule has 6 nitrogen and oxygen atoms in total. The molecule has 0 radical (unpaired) electrons. The van der Waals surface area contributed by atoms with E-state index in [1.165, 1.54) is 31.2 Å². The van der Waals surface area contributed by atoms with Crippen molar-refractivity contribution in [3.05, 3.63) is 24.3 Å². The van der Waals surface area contributed by atoms with Gasteiger partial charge in [0.05, 0.1) is 29.2 Å². The fourth-order valence-corrected chi connectivity index (χ4v) is 5.75. The van der Waals surface area contributed by atoms with E-state index in [-0.39, 0.29) is 18.1 Å². The summed E-state index contributed by atoms with van der Waals surface area (Å²) in [4.78, 5) is 22.8. The van der Waals surface area contributed by atoms with Crippen molar-refractivity contribution in [2.24, 2.45) is 5.92 Å². The van der Waals surface area contributed by atoms with Gasteiger partial charge in [0, 0.05) is 32.2 Å². The van der Waals surface area contributed by atoms with Crippen LogP contribution in [0.15, 0.2) is 24.3 Å². The number of para-hydroxylation sites is 2. The van der Waals surface area contributed by atoms with Crippen molar-refractivity contribution in [2.45, 2.75) is 70.6 Å². The van der Waals surface area contributed by atoms with Gasteiger partial charge < -0.3 is 19.1 Å². The Morgan fingerprint density at radius 1 is 1.00 bits per heavy atom. The largest absolute Gasteiger partial charge is 0.372 e. The van der Waals surface area contributed by atoms with E-state index in [1.807, 2.05) is 4.90 Å². The van der Waals surface area contributed by atoms with Crippen molar-refractivity contribution in [2.75, 3.05) is 31.1 Å². The van der Waals surface area contributed by atoms with Gasteiger partial charge in [0.2, 0.25) is 11.9 Å². The summed E-state index contributed by atoms with van der Waals surface area (Å²) in [6.07, 6.45) is 7.29. The van der Waals surface area contributed by atoms with Gasteiger partial charge in [0.15, 0.2) is 0 Å². The lowest BCUT2D eigenvalue weighted by atomic mass is 9.96. The molecule has 3 atom stereocenters. The number of benzene rings is 1. The van der Waals surface area contributed by atoms with Gasteiger partial charge in [0.1, 0.15) is 0 Å². The number of hydrogen-bond donors (Lipinski definition) is 0. The number of morpholine rings is 1. The molecular formula is C24H34N4O2. The highest BCUT2D eigenvalue weighted by Crippen LogP contribution is 2.37. The summed E-state index contributed by atoms with van der Waals surface area (Å²) in [6, 6.07) is 9.04. The predicted octanol–water partition coefficient (Wildman–Crippen LogP) is 4.00. The summed E-state index contributed by atoms with van der Waals surface area (Å²) in [6.45, 7) is 7.30. The van der Waals surface area contributed by atoms with Gasteiger partial charge in [-0.1, -0.05) is 25.0 Å². The first-order chi connectivity index (χ1) is 14.6. The SMILES string of the molecule is C[C@@H]1CN(C(=O)[C@@H]2CCCN(c3nc4ccccc4n3C3CCCC3)C2)C[C@H](C)O1. The lowest BCUT2D eigenvalue weighted by molar-refractivity contribution is -0.147. The molecule has 3 aliphatic rings. The third-order valence-electron chi connectivity index (χ3n) is 7.05. The van der Waals surface area contributed by atoms with Gasteiger partial charge in [-0.05, 0) is 51.7 Å². The summed E-state index contributed by atoms with van der Waals surface area (Å²) in [5.41, 5.74) is 2.31. The molecule has 1 aromatic carbocycles. The first-order valence-corrected chi connectivity index (χ1v) is 11.8. The highest BCUT2D eigenvalue weighted by molar-refractivity contribution is 5.81. The third-order valence-corrected chi connectivity index (χ3v) is 7.05. The monoisotopic (exact) mass is 410 g/mol. The molecule has 30 heavy (non-hydrogen) atoms. The van der Waals surface area contributed by atoms with Crippen LogP contribution in [0.1, 0.15) is 58.4 Å². The lowest BCUT2D eigenvalue weighted by Crippen LogP contribution is -2.52. The Morgan fingerprint density at radius 2 is 1.73 bits per heavy atom. The van der Waals surface area contributed by atoms with Crippen molar-refractivity contribution in [1.29, 1.82) is 0 Å². The van der Waals surface area contributed by atoms with Gasteiger partial charge in [-0.15, -0.1) is 0 Å². The van der Waals surface area contributed by atoms with Crippen LogP contribution in [0.25, 0.3) is 11.0 Å².